The number of aryl methyl sites for hydroxylation is 1. The molecule has 0 radical (unpaired) electrons. The summed E-state index contributed by atoms with van der Waals surface area (Å²) in [6.07, 6.45) is 7.50. The van der Waals surface area contributed by atoms with E-state index >= 15 is 0 Å². The summed E-state index contributed by atoms with van der Waals surface area (Å²) in [5.74, 6) is 2.77. The number of anilines is 1. The molecule has 2 heterocycles. The first kappa shape index (κ1) is 16.2. The molecule has 2 aromatic rings. The van der Waals surface area contributed by atoms with Gasteiger partial charge in [-0.15, -0.1) is 17.8 Å². The Bertz CT molecular complexity index is 1040. The Morgan fingerprint density at radius 2 is 2.12 bits per heavy atom. The molecule has 0 atom stereocenters. The molecule has 1 aromatic carbocycles. The van der Waals surface area contributed by atoms with Crippen molar-refractivity contribution in [1.29, 1.82) is 0 Å². The molecule has 1 fully saturated rings. The summed E-state index contributed by atoms with van der Waals surface area (Å²) in [5, 5.41) is 11.7. The molecule has 5 nitrogen and oxygen atoms in total. The van der Waals surface area contributed by atoms with Crippen LogP contribution in [0.15, 0.2) is 24.3 Å². The highest BCUT2D eigenvalue weighted by molar-refractivity contribution is 8.02. The average Bonchev–Trinajstić information content (AvgIpc) is 3.32. The quantitative estimate of drug-likeness (QED) is 0.837. The molecule has 0 spiro atoms. The van der Waals surface area contributed by atoms with Crippen LogP contribution in [-0.4, -0.2) is 25.1 Å². The van der Waals surface area contributed by atoms with Gasteiger partial charge < -0.3 is 5.11 Å². The minimum Gasteiger partial charge on any atom is -0.505 e. The van der Waals surface area contributed by atoms with Crippen molar-refractivity contribution in [2.75, 3.05) is 10.8 Å². The highest BCUT2D eigenvalue weighted by Gasteiger charge is 2.42. The molecule has 0 amide bonds. The number of aliphatic hydroxyl groups excluding tert-OH is 1. The molecule has 25 heavy (non-hydrogen) atoms. The van der Waals surface area contributed by atoms with Gasteiger partial charge in [-0.25, -0.2) is 17.7 Å². The van der Waals surface area contributed by atoms with E-state index in [-0.39, 0.29) is 23.0 Å². The standard InChI is InChI=1S/C18H16N2O3S2/c1-3-10-20-17-15(24-18(19-17)12-8-9-12)14(21)16(25(20,22)23)13-7-5-4-6-11(13)2/h1,4-7,12,21H,8-10H2,2H3. The Kier molecular flexibility index (Phi) is 3.63. The van der Waals surface area contributed by atoms with Crippen molar-refractivity contribution in [1.82, 2.24) is 4.98 Å². The lowest BCUT2D eigenvalue weighted by atomic mass is 10.1. The zero-order chi connectivity index (χ0) is 17.8. The predicted molar refractivity (Wildman–Crippen MR) is 99.8 cm³/mol. The van der Waals surface area contributed by atoms with Crippen molar-refractivity contribution in [3.8, 4) is 12.3 Å². The lowest BCUT2D eigenvalue weighted by Crippen LogP contribution is -2.35. The van der Waals surface area contributed by atoms with Crippen LogP contribution in [0.3, 0.4) is 0 Å². The summed E-state index contributed by atoms with van der Waals surface area (Å²) >= 11 is 1.35. The third kappa shape index (κ3) is 2.44. The Labute approximate surface area is 150 Å². The van der Waals surface area contributed by atoms with E-state index in [9.17, 15) is 13.5 Å². The van der Waals surface area contributed by atoms with Crippen LogP contribution in [0.25, 0.3) is 10.7 Å². The molecule has 1 aliphatic carbocycles. The molecule has 128 valence electrons. The summed E-state index contributed by atoms with van der Waals surface area (Å²) in [5.41, 5.74) is 1.25. The first-order valence-corrected chi connectivity index (χ1v) is 10.2. The number of fused-ring (bicyclic) bond motifs is 1. The second-order valence-electron chi connectivity index (χ2n) is 6.19. The number of hydrogen-bond donors (Lipinski definition) is 1. The minimum atomic E-state index is -3.99. The van der Waals surface area contributed by atoms with Crippen molar-refractivity contribution in [3.63, 3.8) is 0 Å². The summed E-state index contributed by atoms with van der Waals surface area (Å²) in [7, 11) is -3.99. The molecule has 2 aliphatic rings. The molecule has 1 aliphatic heterocycles. The topological polar surface area (TPSA) is 70.5 Å². The molecule has 1 aromatic heterocycles. The monoisotopic (exact) mass is 372 g/mol. The van der Waals surface area contributed by atoms with Crippen LogP contribution in [0.5, 0.6) is 0 Å². The largest absolute Gasteiger partial charge is 0.505 e. The third-order valence-electron chi connectivity index (χ3n) is 4.39. The van der Waals surface area contributed by atoms with Gasteiger partial charge in [0.2, 0.25) is 0 Å². The van der Waals surface area contributed by atoms with Crippen LogP contribution < -0.4 is 4.31 Å². The average molecular weight is 372 g/mol. The molecule has 4 rings (SSSR count). The number of thiazole rings is 1. The van der Waals surface area contributed by atoms with Crippen molar-refractivity contribution < 1.29 is 13.5 Å². The van der Waals surface area contributed by atoms with Gasteiger partial charge in [-0.1, -0.05) is 30.2 Å². The number of nitrogens with zero attached hydrogens (tertiary/aromatic N) is 2. The van der Waals surface area contributed by atoms with E-state index in [0.29, 0.717) is 16.4 Å². The van der Waals surface area contributed by atoms with Crippen molar-refractivity contribution >= 4 is 37.8 Å². The van der Waals surface area contributed by atoms with Gasteiger partial charge in [0.15, 0.2) is 11.6 Å². The van der Waals surface area contributed by atoms with Crippen LogP contribution in [0.4, 0.5) is 5.82 Å². The SMILES string of the molecule is C#CCN1c2nc(C3CC3)sc2C(O)=C(c2ccccc2C)S1(=O)=O. The molecular weight excluding hydrogens is 356 g/mol. The second kappa shape index (κ2) is 5.61. The molecule has 1 saturated carbocycles. The fourth-order valence-corrected chi connectivity index (χ4v) is 5.93. The van der Waals surface area contributed by atoms with Crippen LogP contribution in [-0.2, 0) is 10.0 Å². The van der Waals surface area contributed by atoms with Crippen LogP contribution in [0.1, 0.15) is 39.8 Å². The van der Waals surface area contributed by atoms with Gasteiger partial charge in [-0.05, 0) is 25.3 Å². The van der Waals surface area contributed by atoms with Gasteiger partial charge in [0.05, 0.1) is 11.6 Å². The predicted octanol–water partition coefficient (Wildman–Crippen LogP) is 3.50. The maximum atomic E-state index is 13.2. The summed E-state index contributed by atoms with van der Waals surface area (Å²) in [4.78, 5) is 4.86. The van der Waals surface area contributed by atoms with Crippen LogP contribution in [0.2, 0.25) is 0 Å². The Morgan fingerprint density at radius 1 is 1.40 bits per heavy atom. The zero-order valence-corrected chi connectivity index (χ0v) is 15.2. The van der Waals surface area contributed by atoms with Gasteiger partial charge in [-0.2, -0.15) is 0 Å². The Balaban J connectivity index is 2.01. The highest BCUT2D eigenvalue weighted by atomic mass is 32.2. The zero-order valence-electron chi connectivity index (χ0n) is 13.6. The second-order valence-corrected chi connectivity index (χ2v) is 9.02. The van der Waals surface area contributed by atoms with Gasteiger partial charge in [0, 0.05) is 11.5 Å². The molecule has 0 bridgehead atoms. The molecular formula is C18H16N2O3S2. The van der Waals surface area contributed by atoms with E-state index in [1.54, 1.807) is 12.1 Å². The van der Waals surface area contributed by atoms with Gasteiger partial charge in [0.25, 0.3) is 10.0 Å². The van der Waals surface area contributed by atoms with Crippen molar-refractivity contribution in [2.24, 2.45) is 0 Å². The Morgan fingerprint density at radius 3 is 2.76 bits per heavy atom. The first-order valence-electron chi connectivity index (χ1n) is 7.91. The maximum Gasteiger partial charge on any atom is 0.270 e. The highest BCUT2D eigenvalue weighted by Crippen LogP contribution is 2.50. The lowest BCUT2D eigenvalue weighted by molar-refractivity contribution is 0.514. The van der Waals surface area contributed by atoms with E-state index in [1.165, 1.54) is 11.3 Å². The maximum absolute atomic E-state index is 13.2. The number of aromatic nitrogens is 1. The number of aliphatic hydroxyl groups is 1. The van der Waals surface area contributed by atoms with Gasteiger partial charge in [0.1, 0.15) is 9.78 Å². The van der Waals surface area contributed by atoms with Gasteiger partial charge >= 0.3 is 0 Å². The number of hydrogen-bond acceptors (Lipinski definition) is 5. The van der Waals surface area contributed by atoms with E-state index in [4.69, 9.17) is 6.42 Å². The summed E-state index contributed by atoms with van der Waals surface area (Å²) < 4.78 is 27.5. The first-order chi connectivity index (χ1) is 11.9. The summed E-state index contributed by atoms with van der Waals surface area (Å²) in [6, 6.07) is 7.09. The summed E-state index contributed by atoms with van der Waals surface area (Å²) in [6.45, 7) is 1.69. The molecule has 1 N–H and O–H groups in total. The van der Waals surface area contributed by atoms with Crippen LogP contribution >= 0.6 is 11.3 Å². The fraction of sp³-hybridized carbons (Fsp3) is 0.278. The van der Waals surface area contributed by atoms with Crippen molar-refractivity contribution in [3.05, 3.63) is 45.3 Å². The van der Waals surface area contributed by atoms with E-state index in [0.717, 1.165) is 27.7 Å². The Hall–Kier alpha value is -2.30. The molecule has 0 unspecified atom stereocenters. The van der Waals surface area contributed by atoms with Gasteiger partial charge in [-0.3, -0.25) is 0 Å². The van der Waals surface area contributed by atoms with E-state index in [2.05, 4.69) is 10.9 Å². The molecule has 7 heteroatoms. The lowest BCUT2D eigenvalue weighted by Gasteiger charge is -2.27. The normalized spacial score (nSPS) is 18.8. The molecule has 0 saturated heterocycles. The van der Waals surface area contributed by atoms with Crippen LogP contribution in [0, 0.1) is 19.3 Å². The third-order valence-corrected chi connectivity index (χ3v) is 7.42. The number of terminal acetylenes is 1. The van der Waals surface area contributed by atoms with E-state index in [1.807, 2.05) is 19.1 Å². The number of benzene rings is 1. The minimum absolute atomic E-state index is 0.0978. The fourth-order valence-electron chi connectivity index (χ4n) is 2.94. The number of sulfonamides is 1. The smallest absolute Gasteiger partial charge is 0.270 e. The number of rotatable bonds is 3. The van der Waals surface area contributed by atoms with Crippen molar-refractivity contribution in [2.45, 2.75) is 25.7 Å². The van der Waals surface area contributed by atoms with E-state index < -0.39 is 10.0 Å².